The molecule has 1 fully saturated rings. The van der Waals surface area contributed by atoms with E-state index in [1.807, 2.05) is 11.3 Å². The van der Waals surface area contributed by atoms with Gasteiger partial charge in [0.2, 0.25) is 0 Å². The van der Waals surface area contributed by atoms with Crippen molar-refractivity contribution in [3.8, 4) is 0 Å². The number of nitrogens with zero attached hydrogens (tertiary/aromatic N) is 1. The molecule has 1 saturated heterocycles. The van der Waals surface area contributed by atoms with Gasteiger partial charge in [-0.1, -0.05) is 19.9 Å². The van der Waals surface area contributed by atoms with Crippen LogP contribution < -0.4 is 5.32 Å². The van der Waals surface area contributed by atoms with Gasteiger partial charge < -0.3 is 5.32 Å². The molecule has 1 unspecified atom stereocenters. The number of nitrogens with one attached hydrogen (secondary N) is 1. The first-order chi connectivity index (χ1) is 8.24. The molecule has 2 heterocycles. The second-order valence-electron chi connectivity index (χ2n) is 5.45. The van der Waals surface area contributed by atoms with Crippen LogP contribution in [0.15, 0.2) is 17.5 Å². The van der Waals surface area contributed by atoms with Crippen molar-refractivity contribution in [2.75, 3.05) is 19.6 Å². The van der Waals surface area contributed by atoms with E-state index in [1.54, 1.807) is 0 Å². The normalized spacial score (nSPS) is 22.9. The van der Waals surface area contributed by atoms with E-state index in [9.17, 15) is 0 Å². The van der Waals surface area contributed by atoms with Crippen LogP contribution in [0.5, 0.6) is 0 Å². The fourth-order valence-corrected chi connectivity index (χ4v) is 3.32. The molecule has 2 nitrogen and oxygen atoms in total. The Morgan fingerprint density at radius 1 is 1.53 bits per heavy atom. The zero-order valence-corrected chi connectivity index (χ0v) is 11.8. The third-order valence-corrected chi connectivity index (χ3v) is 4.14. The fraction of sp³-hybridized carbons (Fsp3) is 0.714. The molecule has 3 heteroatoms. The van der Waals surface area contributed by atoms with E-state index in [0.29, 0.717) is 6.04 Å². The van der Waals surface area contributed by atoms with Crippen LogP contribution in [-0.4, -0.2) is 30.6 Å². The summed E-state index contributed by atoms with van der Waals surface area (Å²) in [7, 11) is 0. The number of rotatable bonds is 4. The Labute approximate surface area is 109 Å². The van der Waals surface area contributed by atoms with E-state index in [-0.39, 0.29) is 0 Å². The van der Waals surface area contributed by atoms with Crippen LogP contribution in [0.1, 0.15) is 31.6 Å². The highest BCUT2D eigenvalue weighted by Crippen LogP contribution is 2.15. The molecule has 2 rings (SSSR count). The lowest BCUT2D eigenvalue weighted by atomic mass is 10.0. The van der Waals surface area contributed by atoms with Crippen LogP contribution in [0.4, 0.5) is 0 Å². The predicted molar refractivity (Wildman–Crippen MR) is 75.5 cm³/mol. The third-order valence-electron chi connectivity index (χ3n) is 3.28. The van der Waals surface area contributed by atoms with Gasteiger partial charge in [0.25, 0.3) is 0 Å². The molecule has 1 aromatic rings. The summed E-state index contributed by atoms with van der Waals surface area (Å²) < 4.78 is 0. The van der Waals surface area contributed by atoms with Gasteiger partial charge in [0, 0.05) is 24.0 Å². The average molecular weight is 252 g/mol. The number of hydrogen-bond acceptors (Lipinski definition) is 3. The molecule has 1 N–H and O–H groups in total. The lowest BCUT2D eigenvalue weighted by molar-refractivity contribution is 0.249. The fourth-order valence-electron chi connectivity index (χ4n) is 2.57. The van der Waals surface area contributed by atoms with Crippen molar-refractivity contribution < 1.29 is 0 Å². The van der Waals surface area contributed by atoms with Gasteiger partial charge in [-0.05, 0) is 43.3 Å². The van der Waals surface area contributed by atoms with Crippen LogP contribution >= 0.6 is 11.3 Å². The maximum Gasteiger partial charge on any atom is 0.0328 e. The van der Waals surface area contributed by atoms with Crippen molar-refractivity contribution in [1.29, 1.82) is 0 Å². The highest BCUT2D eigenvalue weighted by molar-refractivity contribution is 7.09. The first-order valence-electron chi connectivity index (χ1n) is 6.72. The van der Waals surface area contributed by atoms with Gasteiger partial charge in [0.05, 0.1) is 0 Å². The zero-order chi connectivity index (χ0) is 12.1. The van der Waals surface area contributed by atoms with Gasteiger partial charge in [-0.15, -0.1) is 11.3 Å². The van der Waals surface area contributed by atoms with Crippen molar-refractivity contribution in [3.05, 3.63) is 22.4 Å². The minimum Gasteiger partial charge on any atom is -0.313 e. The third kappa shape index (κ3) is 4.41. The summed E-state index contributed by atoms with van der Waals surface area (Å²) in [6.07, 6.45) is 2.57. The summed E-state index contributed by atoms with van der Waals surface area (Å²) in [5.74, 6) is 0.786. The molecular weight excluding hydrogens is 228 g/mol. The second kappa shape index (κ2) is 6.53. The minimum absolute atomic E-state index is 0.678. The molecule has 0 saturated carbocycles. The minimum atomic E-state index is 0.678. The van der Waals surface area contributed by atoms with Crippen LogP contribution in [0, 0.1) is 5.92 Å². The summed E-state index contributed by atoms with van der Waals surface area (Å²) in [6.45, 7) is 9.38. The molecule has 0 radical (unpaired) electrons. The Kier molecular flexibility index (Phi) is 5.01. The lowest BCUT2D eigenvalue weighted by Gasteiger charge is -2.25. The largest absolute Gasteiger partial charge is 0.313 e. The molecule has 0 aliphatic carbocycles. The highest BCUT2D eigenvalue weighted by Gasteiger charge is 2.18. The summed E-state index contributed by atoms with van der Waals surface area (Å²) in [5, 5.41) is 5.86. The second-order valence-corrected chi connectivity index (χ2v) is 6.48. The van der Waals surface area contributed by atoms with Crippen LogP contribution in [0.2, 0.25) is 0 Å². The molecule has 0 amide bonds. The smallest absolute Gasteiger partial charge is 0.0328 e. The number of thiophene rings is 1. The van der Waals surface area contributed by atoms with E-state index in [0.717, 1.165) is 12.5 Å². The van der Waals surface area contributed by atoms with E-state index in [4.69, 9.17) is 0 Å². The Hall–Kier alpha value is -0.380. The summed E-state index contributed by atoms with van der Waals surface area (Å²) in [6, 6.07) is 5.08. The predicted octanol–water partition coefficient (Wildman–Crippen LogP) is 2.96. The molecule has 1 atom stereocenters. The van der Waals surface area contributed by atoms with Gasteiger partial charge in [-0.2, -0.15) is 0 Å². The Bertz CT molecular complexity index is 308. The van der Waals surface area contributed by atoms with E-state index in [2.05, 4.69) is 41.6 Å². The maximum absolute atomic E-state index is 3.68. The Morgan fingerprint density at radius 2 is 2.41 bits per heavy atom. The monoisotopic (exact) mass is 252 g/mol. The molecule has 96 valence electrons. The first kappa shape index (κ1) is 13.1. The Morgan fingerprint density at radius 3 is 3.12 bits per heavy atom. The van der Waals surface area contributed by atoms with Gasteiger partial charge in [0.15, 0.2) is 0 Å². The van der Waals surface area contributed by atoms with Gasteiger partial charge in [-0.3, -0.25) is 4.90 Å². The highest BCUT2D eigenvalue weighted by atomic mass is 32.1. The van der Waals surface area contributed by atoms with E-state index in [1.165, 1.54) is 37.4 Å². The molecular formula is C14H24N2S. The molecule has 1 aliphatic rings. The summed E-state index contributed by atoms with van der Waals surface area (Å²) in [4.78, 5) is 4.11. The van der Waals surface area contributed by atoms with E-state index < -0.39 is 0 Å². The lowest BCUT2D eigenvalue weighted by Crippen LogP contribution is -2.38. The standard InChI is InChI=1S/C14H24N2S/c1-12(2)9-13-10-16(7-4-6-15-13)11-14-5-3-8-17-14/h3,5,8,12-13,15H,4,6-7,9-11H2,1-2H3. The van der Waals surface area contributed by atoms with Gasteiger partial charge >= 0.3 is 0 Å². The molecule has 0 bridgehead atoms. The number of hydrogen-bond donors (Lipinski definition) is 1. The van der Waals surface area contributed by atoms with Crippen LogP contribution in [-0.2, 0) is 6.54 Å². The zero-order valence-electron chi connectivity index (χ0n) is 11.0. The SMILES string of the molecule is CC(C)CC1CN(Cc2cccs2)CCCN1. The van der Waals surface area contributed by atoms with Crippen molar-refractivity contribution in [2.24, 2.45) is 5.92 Å². The van der Waals surface area contributed by atoms with Crippen molar-refractivity contribution in [3.63, 3.8) is 0 Å². The summed E-state index contributed by atoms with van der Waals surface area (Å²) in [5.41, 5.74) is 0. The van der Waals surface area contributed by atoms with Crippen LogP contribution in [0.3, 0.4) is 0 Å². The van der Waals surface area contributed by atoms with Crippen LogP contribution in [0.25, 0.3) is 0 Å². The van der Waals surface area contributed by atoms with E-state index >= 15 is 0 Å². The quantitative estimate of drug-likeness (QED) is 0.886. The molecule has 0 spiro atoms. The van der Waals surface area contributed by atoms with Crippen molar-refractivity contribution in [2.45, 2.75) is 39.3 Å². The molecule has 0 aromatic carbocycles. The average Bonchev–Trinajstić information content (AvgIpc) is 2.66. The summed E-state index contributed by atoms with van der Waals surface area (Å²) >= 11 is 1.88. The van der Waals surface area contributed by atoms with Crippen molar-refractivity contribution in [1.82, 2.24) is 10.2 Å². The molecule has 17 heavy (non-hydrogen) atoms. The topological polar surface area (TPSA) is 15.3 Å². The molecule has 1 aliphatic heterocycles. The Balaban J connectivity index is 1.88. The maximum atomic E-state index is 3.68. The van der Waals surface area contributed by atoms with Gasteiger partial charge in [0.1, 0.15) is 0 Å². The van der Waals surface area contributed by atoms with Gasteiger partial charge in [-0.25, -0.2) is 0 Å². The molecule has 1 aromatic heterocycles. The first-order valence-corrected chi connectivity index (χ1v) is 7.60. The van der Waals surface area contributed by atoms with Crippen molar-refractivity contribution >= 4 is 11.3 Å².